The van der Waals surface area contributed by atoms with Crippen molar-refractivity contribution in [3.05, 3.63) is 29.8 Å². The normalized spacial score (nSPS) is 26.3. The molecule has 0 aromatic heterocycles. The van der Waals surface area contributed by atoms with Crippen LogP contribution in [0.5, 0.6) is 5.75 Å². The van der Waals surface area contributed by atoms with Crippen LogP contribution in [0.1, 0.15) is 32.8 Å². The average molecular weight is 522 g/mol. The van der Waals surface area contributed by atoms with Crippen molar-refractivity contribution in [2.24, 2.45) is 0 Å². The molecule has 1 saturated heterocycles. The highest BCUT2D eigenvalue weighted by molar-refractivity contribution is 14.1. The van der Waals surface area contributed by atoms with Gasteiger partial charge in [0.05, 0.1) is 25.9 Å². The van der Waals surface area contributed by atoms with Gasteiger partial charge in [0.15, 0.2) is 14.6 Å². The summed E-state index contributed by atoms with van der Waals surface area (Å²) in [6, 6.07) is 7.97. The summed E-state index contributed by atoms with van der Waals surface area (Å²) in [5.41, 5.74) is 1.10. The molecule has 2 rings (SSSR count). The number of benzene rings is 1. The van der Waals surface area contributed by atoms with Crippen molar-refractivity contribution in [2.75, 3.05) is 18.6 Å². The van der Waals surface area contributed by atoms with Gasteiger partial charge >= 0.3 is 0 Å². The van der Waals surface area contributed by atoms with Crippen LogP contribution >= 0.6 is 22.6 Å². The maximum Gasteiger partial charge on any atom is 0.192 e. The summed E-state index contributed by atoms with van der Waals surface area (Å²) in [6.45, 7) is 11.9. The minimum absolute atomic E-state index is 0.0439. The van der Waals surface area contributed by atoms with Crippen LogP contribution in [-0.2, 0) is 25.2 Å². The number of rotatable bonds is 8. The highest BCUT2D eigenvalue weighted by Crippen LogP contribution is 2.40. The van der Waals surface area contributed by atoms with Gasteiger partial charge in [-0.15, -0.1) is 0 Å². The Morgan fingerprint density at radius 1 is 1.14 bits per heavy atom. The largest absolute Gasteiger partial charge is 0.497 e. The van der Waals surface area contributed by atoms with Gasteiger partial charge < -0.3 is 23.4 Å². The average Bonchev–Trinajstić information content (AvgIpc) is 2.65. The molecule has 0 N–H and O–H groups in total. The molecule has 0 radical (unpaired) electrons. The van der Waals surface area contributed by atoms with Crippen molar-refractivity contribution < 1.29 is 23.4 Å². The molecular weight excluding hydrogens is 487 g/mol. The summed E-state index contributed by atoms with van der Waals surface area (Å²) in [5, 5.41) is 0.133. The zero-order chi connectivity index (χ0) is 20.9. The molecule has 1 heterocycles. The Kier molecular flexibility index (Phi) is 8.78. The maximum atomic E-state index is 6.78. The van der Waals surface area contributed by atoms with Crippen LogP contribution in [0.25, 0.3) is 0 Å². The summed E-state index contributed by atoms with van der Waals surface area (Å²) in [7, 11) is 1.41. The molecule has 0 spiro atoms. The molecular formula is C21H35IO5Si. The Bertz CT molecular complexity index is 602. The molecule has 7 heteroatoms. The van der Waals surface area contributed by atoms with Crippen molar-refractivity contribution in [1.29, 1.82) is 0 Å². The van der Waals surface area contributed by atoms with Gasteiger partial charge in [-0.2, -0.15) is 0 Å². The van der Waals surface area contributed by atoms with Gasteiger partial charge in [-0.05, 0) is 35.8 Å². The predicted octanol–water partition coefficient (Wildman–Crippen LogP) is 5.17. The number of hydrogen-bond acceptors (Lipinski definition) is 5. The van der Waals surface area contributed by atoms with E-state index in [0.717, 1.165) is 15.7 Å². The van der Waals surface area contributed by atoms with Crippen LogP contribution in [0.2, 0.25) is 18.1 Å². The first-order valence-corrected chi connectivity index (χ1v) is 14.2. The van der Waals surface area contributed by atoms with Crippen molar-refractivity contribution in [3.63, 3.8) is 0 Å². The van der Waals surface area contributed by atoms with Gasteiger partial charge in [0.25, 0.3) is 0 Å². The monoisotopic (exact) mass is 522 g/mol. The zero-order valence-electron chi connectivity index (χ0n) is 18.2. The molecule has 5 nitrogen and oxygen atoms in total. The molecule has 160 valence electrons. The van der Waals surface area contributed by atoms with E-state index in [4.69, 9.17) is 23.4 Å². The molecule has 0 bridgehead atoms. The Morgan fingerprint density at radius 2 is 1.79 bits per heavy atom. The van der Waals surface area contributed by atoms with Gasteiger partial charge in [0.1, 0.15) is 11.9 Å². The lowest BCUT2D eigenvalue weighted by molar-refractivity contribution is -0.244. The first-order valence-electron chi connectivity index (χ1n) is 9.78. The third-order valence-electron chi connectivity index (χ3n) is 5.75. The fraction of sp³-hybridized carbons (Fsp3) is 0.714. The fourth-order valence-corrected chi connectivity index (χ4v) is 5.02. The van der Waals surface area contributed by atoms with E-state index in [1.54, 1.807) is 14.2 Å². The van der Waals surface area contributed by atoms with Crippen LogP contribution in [0.15, 0.2) is 24.3 Å². The molecule has 0 amide bonds. The Labute approximate surface area is 184 Å². The second kappa shape index (κ2) is 10.2. The third kappa shape index (κ3) is 6.15. The summed E-state index contributed by atoms with van der Waals surface area (Å²) < 4.78 is 30.9. The molecule has 4 atom stereocenters. The molecule has 1 aromatic carbocycles. The molecule has 0 aliphatic carbocycles. The predicted molar refractivity (Wildman–Crippen MR) is 123 cm³/mol. The smallest absolute Gasteiger partial charge is 0.192 e. The first-order chi connectivity index (χ1) is 13.1. The minimum Gasteiger partial charge on any atom is -0.497 e. The van der Waals surface area contributed by atoms with Crippen molar-refractivity contribution in [2.45, 2.75) is 76.5 Å². The van der Waals surface area contributed by atoms with Gasteiger partial charge in [-0.25, -0.2) is 0 Å². The highest BCUT2D eigenvalue weighted by atomic mass is 127. The summed E-state index contributed by atoms with van der Waals surface area (Å²) >= 11 is 2.35. The lowest BCUT2D eigenvalue weighted by atomic mass is 10.0. The Hall–Kier alpha value is -0.193. The van der Waals surface area contributed by atoms with Crippen LogP contribution in [-0.4, -0.2) is 51.6 Å². The van der Waals surface area contributed by atoms with Crippen LogP contribution in [0.4, 0.5) is 0 Å². The molecule has 1 fully saturated rings. The number of methoxy groups -OCH3 is 2. The van der Waals surface area contributed by atoms with E-state index in [0.29, 0.717) is 13.0 Å². The van der Waals surface area contributed by atoms with Crippen LogP contribution in [0, 0.1) is 0 Å². The van der Waals surface area contributed by atoms with Crippen LogP contribution < -0.4 is 4.74 Å². The van der Waals surface area contributed by atoms with Crippen molar-refractivity contribution in [1.82, 2.24) is 0 Å². The molecule has 1 unspecified atom stereocenters. The molecule has 0 saturated carbocycles. The third-order valence-corrected chi connectivity index (χ3v) is 11.1. The molecule has 1 aromatic rings. The minimum atomic E-state index is -1.95. The van der Waals surface area contributed by atoms with E-state index < -0.39 is 8.32 Å². The second-order valence-corrected chi connectivity index (χ2v) is 14.4. The lowest BCUT2D eigenvalue weighted by Gasteiger charge is -2.46. The fourth-order valence-electron chi connectivity index (χ4n) is 2.97. The highest BCUT2D eigenvalue weighted by Gasteiger charge is 2.46. The van der Waals surface area contributed by atoms with E-state index in [9.17, 15) is 0 Å². The van der Waals surface area contributed by atoms with E-state index >= 15 is 0 Å². The van der Waals surface area contributed by atoms with E-state index in [2.05, 4.69) is 56.5 Å². The summed E-state index contributed by atoms with van der Waals surface area (Å²) in [6.07, 6.45) is 0.198. The number of halogens is 1. The maximum absolute atomic E-state index is 6.78. The standard InChI is InChI=1S/C21H35IO5Si/c1-21(2,3)28(6,7)27-17-12-19(24-5)26-18(13-22)20(17)25-14-15-8-10-16(23-4)11-9-15/h8-11,17-20H,12-14H2,1-7H3/t17-,18-,19?,20+/m1/s1. The van der Waals surface area contributed by atoms with Gasteiger partial charge in [-0.3, -0.25) is 0 Å². The van der Waals surface area contributed by atoms with E-state index in [-0.39, 0.29) is 29.6 Å². The number of alkyl halides is 1. The van der Waals surface area contributed by atoms with Gasteiger partial charge in [0, 0.05) is 18.0 Å². The quantitative estimate of drug-likeness (QED) is 0.268. The van der Waals surface area contributed by atoms with Crippen molar-refractivity contribution >= 4 is 30.9 Å². The number of ether oxygens (including phenoxy) is 4. The van der Waals surface area contributed by atoms with Crippen LogP contribution in [0.3, 0.4) is 0 Å². The van der Waals surface area contributed by atoms with Crippen molar-refractivity contribution in [3.8, 4) is 5.75 Å². The van der Waals surface area contributed by atoms with Gasteiger partial charge in [-0.1, -0.05) is 55.5 Å². The topological polar surface area (TPSA) is 46.2 Å². The number of hydrogen-bond donors (Lipinski definition) is 0. The molecule has 1 aliphatic heterocycles. The van der Waals surface area contributed by atoms with E-state index in [1.165, 1.54) is 0 Å². The lowest BCUT2D eigenvalue weighted by Crippen LogP contribution is -2.56. The second-order valence-electron chi connectivity index (χ2n) is 8.77. The Balaban J connectivity index is 2.16. The molecule has 1 aliphatic rings. The summed E-state index contributed by atoms with van der Waals surface area (Å²) in [4.78, 5) is 0. The Morgan fingerprint density at radius 3 is 2.29 bits per heavy atom. The van der Waals surface area contributed by atoms with E-state index in [1.807, 2.05) is 24.3 Å². The zero-order valence-corrected chi connectivity index (χ0v) is 21.3. The van der Waals surface area contributed by atoms with Gasteiger partial charge in [0.2, 0.25) is 0 Å². The first kappa shape index (κ1) is 24.1. The summed E-state index contributed by atoms with van der Waals surface area (Å²) in [5.74, 6) is 0.844. The SMILES string of the molecule is COc1ccc(CO[C@@H]2[C@@H](CI)OC(OC)C[C@H]2O[Si](C)(C)C(C)(C)C)cc1. The molecule has 28 heavy (non-hydrogen) atoms.